The van der Waals surface area contributed by atoms with Gasteiger partial charge in [-0.2, -0.15) is 0 Å². The highest BCUT2D eigenvalue weighted by molar-refractivity contribution is 5.85. The predicted molar refractivity (Wildman–Crippen MR) is 67.1 cm³/mol. The molecule has 0 radical (unpaired) electrons. The van der Waals surface area contributed by atoms with E-state index in [2.05, 4.69) is 10.1 Å². The van der Waals surface area contributed by atoms with Gasteiger partial charge in [0.2, 0.25) is 0 Å². The fourth-order valence-corrected chi connectivity index (χ4v) is 1.42. The van der Waals surface area contributed by atoms with Gasteiger partial charge in [0.25, 0.3) is 0 Å². The summed E-state index contributed by atoms with van der Waals surface area (Å²) in [6.07, 6.45) is 2.06. The zero-order chi connectivity index (χ0) is 13.5. The van der Waals surface area contributed by atoms with Crippen LogP contribution in [0.15, 0.2) is 30.3 Å². The molecule has 0 aliphatic rings. The van der Waals surface area contributed by atoms with Gasteiger partial charge in [0.05, 0.1) is 13.2 Å². The quantitative estimate of drug-likeness (QED) is 0.802. The van der Waals surface area contributed by atoms with Crippen LogP contribution in [0.5, 0.6) is 0 Å². The third-order valence-corrected chi connectivity index (χ3v) is 2.35. The molecule has 0 heterocycles. The lowest BCUT2D eigenvalue weighted by Gasteiger charge is -2.13. The molecule has 0 bridgehead atoms. The van der Waals surface area contributed by atoms with Gasteiger partial charge in [0, 0.05) is 6.08 Å². The van der Waals surface area contributed by atoms with Gasteiger partial charge in [-0.3, -0.25) is 0 Å². The number of ether oxygens (including phenoxy) is 1. The van der Waals surface area contributed by atoms with Gasteiger partial charge in [-0.15, -0.1) is 0 Å². The molecule has 0 aromatic heterocycles. The highest BCUT2D eigenvalue weighted by Gasteiger charge is 2.09. The third kappa shape index (κ3) is 4.29. The Morgan fingerprint density at radius 2 is 2.17 bits per heavy atom. The number of hydrogen-bond acceptors (Lipinski definition) is 3. The number of benzene rings is 1. The van der Waals surface area contributed by atoms with Crippen molar-refractivity contribution in [2.45, 2.75) is 13.0 Å². The number of carboxylic acids is 1. The minimum atomic E-state index is -0.999. The standard InChI is InChI=1S/C13H15NO4/c1-9(14-13(17)18-2)11-5-3-4-10(8-11)6-7-12(15)16/h3-9H,1-2H3,(H,14,17)(H,15,16). The molecule has 0 fully saturated rings. The van der Waals surface area contributed by atoms with Crippen LogP contribution in [-0.2, 0) is 9.53 Å². The number of rotatable bonds is 4. The summed E-state index contributed by atoms with van der Waals surface area (Å²) >= 11 is 0. The Morgan fingerprint density at radius 3 is 2.78 bits per heavy atom. The lowest BCUT2D eigenvalue weighted by Crippen LogP contribution is -2.26. The van der Waals surface area contributed by atoms with Crippen LogP contribution < -0.4 is 5.32 Å². The van der Waals surface area contributed by atoms with Crippen LogP contribution in [0, 0.1) is 0 Å². The first-order chi connectivity index (χ1) is 8.52. The van der Waals surface area contributed by atoms with Crippen molar-refractivity contribution in [1.29, 1.82) is 0 Å². The Morgan fingerprint density at radius 1 is 1.44 bits per heavy atom. The SMILES string of the molecule is COC(=O)NC(C)c1cccc(C=CC(=O)O)c1. The fourth-order valence-electron chi connectivity index (χ4n) is 1.42. The van der Waals surface area contributed by atoms with Crippen LogP contribution in [0.25, 0.3) is 6.08 Å². The first-order valence-corrected chi connectivity index (χ1v) is 5.38. The van der Waals surface area contributed by atoms with Gasteiger partial charge < -0.3 is 15.2 Å². The number of amides is 1. The van der Waals surface area contributed by atoms with Crippen LogP contribution in [-0.4, -0.2) is 24.3 Å². The molecule has 96 valence electrons. The lowest BCUT2D eigenvalue weighted by molar-refractivity contribution is -0.131. The molecule has 5 heteroatoms. The number of carboxylic acid groups (broad SMARTS) is 1. The van der Waals surface area contributed by atoms with E-state index < -0.39 is 12.1 Å². The van der Waals surface area contributed by atoms with E-state index >= 15 is 0 Å². The molecular formula is C13H15NO4. The minimum absolute atomic E-state index is 0.212. The van der Waals surface area contributed by atoms with E-state index in [1.807, 2.05) is 13.0 Å². The molecule has 0 saturated carbocycles. The maximum atomic E-state index is 11.1. The smallest absolute Gasteiger partial charge is 0.407 e. The molecule has 1 amide bonds. The van der Waals surface area contributed by atoms with Crippen molar-refractivity contribution >= 4 is 18.1 Å². The van der Waals surface area contributed by atoms with E-state index in [1.165, 1.54) is 13.2 Å². The fraction of sp³-hybridized carbons (Fsp3) is 0.231. The van der Waals surface area contributed by atoms with Gasteiger partial charge in [-0.1, -0.05) is 18.2 Å². The molecule has 1 atom stereocenters. The molecule has 18 heavy (non-hydrogen) atoms. The van der Waals surface area contributed by atoms with Crippen LogP contribution in [0.4, 0.5) is 4.79 Å². The summed E-state index contributed by atoms with van der Waals surface area (Å²) in [5.74, 6) is -0.999. The summed E-state index contributed by atoms with van der Waals surface area (Å²) in [6.45, 7) is 1.82. The summed E-state index contributed by atoms with van der Waals surface area (Å²) in [5.41, 5.74) is 1.63. The Hall–Kier alpha value is -2.30. The molecule has 1 unspecified atom stereocenters. The first kappa shape index (κ1) is 13.8. The third-order valence-electron chi connectivity index (χ3n) is 2.35. The zero-order valence-electron chi connectivity index (χ0n) is 10.2. The van der Waals surface area contributed by atoms with E-state index in [0.717, 1.165) is 17.2 Å². The molecule has 2 N–H and O–H groups in total. The molecule has 0 aliphatic carbocycles. The maximum Gasteiger partial charge on any atom is 0.407 e. The monoisotopic (exact) mass is 249 g/mol. The molecule has 1 rings (SSSR count). The number of nitrogens with one attached hydrogen (secondary N) is 1. The van der Waals surface area contributed by atoms with Crippen LogP contribution in [0.3, 0.4) is 0 Å². The van der Waals surface area contributed by atoms with E-state index in [0.29, 0.717) is 0 Å². The number of methoxy groups -OCH3 is 1. The Balaban J connectivity index is 2.81. The highest BCUT2D eigenvalue weighted by Crippen LogP contribution is 2.15. The molecule has 0 saturated heterocycles. The molecule has 1 aromatic carbocycles. The number of hydrogen-bond donors (Lipinski definition) is 2. The Labute approximate surface area is 105 Å². The largest absolute Gasteiger partial charge is 0.478 e. The second kappa shape index (κ2) is 6.44. The van der Waals surface area contributed by atoms with Crippen molar-refractivity contribution in [1.82, 2.24) is 5.32 Å². The summed E-state index contributed by atoms with van der Waals surface area (Å²) in [7, 11) is 1.30. The van der Waals surface area contributed by atoms with Gasteiger partial charge in [-0.25, -0.2) is 9.59 Å². The number of carbonyl (C=O) groups is 2. The van der Waals surface area contributed by atoms with Crippen molar-refractivity contribution < 1.29 is 19.4 Å². The normalized spacial score (nSPS) is 12.1. The van der Waals surface area contributed by atoms with Crippen molar-refractivity contribution in [3.63, 3.8) is 0 Å². The van der Waals surface area contributed by atoms with Gasteiger partial charge in [0.1, 0.15) is 0 Å². The topological polar surface area (TPSA) is 75.6 Å². The molecule has 1 aromatic rings. The second-order valence-corrected chi connectivity index (χ2v) is 3.70. The van der Waals surface area contributed by atoms with Crippen LogP contribution in [0.1, 0.15) is 24.1 Å². The van der Waals surface area contributed by atoms with E-state index in [9.17, 15) is 9.59 Å². The summed E-state index contributed by atoms with van der Waals surface area (Å²) in [5, 5.41) is 11.2. The van der Waals surface area contributed by atoms with Crippen molar-refractivity contribution in [3.05, 3.63) is 41.5 Å². The summed E-state index contributed by atoms with van der Waals surface area (Å²) < 4.78 is 4.51. The Bertz CT molecular complexity index is 468. The van der Waals surface area contributed by atoms with Crippen molar-refractivity contribution in [2.24, 2.45) is 0 Å². The number of alkyl carbamates (subject to hydrolysis) is 1. The molecule has 5 nitrogen and oxygen atoms in total. The number of carbonyl (C=O) groups excluding carboxylic acids is 1. The molecule has 0 aliphatic heterocycles. The molecule has 0 spiro atoms. The zero-order valence-corrected chi connectivity index (χ0v) is 10.2. The number of aliphatic carboxylic acids is 1. The van der Waals surface area contributed by atoms with Gasteiger partial charge >= 0.3 is 12.1 Å². The average Bonchev–Trinajstić information content (AvgIpc) is 2.36. The van der Waals surface area contributed by atoms with E-state index in [1.54, 1.807) is 18.2 Å². The van der Waals surface area contributed by atoms with Gasteiger partial charge in [-0.05, 0) is 30.2 Å². The predicted octanol–water partition coefficient (Wildman–Crippen LogP) is 2.20. The highest BCUT2D eigenvalue weighted by atomic mass is 16.5. The minimum Gasteiger partial charge on any atom is -0.478 e. The summed E-state index contributed by atoms with van der Waals surface area (Å²) in [6, 6.07) is 7.02. The average molecular weight is 249 g/mol. The van der Waals surface area contributed by atoms with Crippen LogP contribution >= 0.6 is 0 Å². The van der Waals surface area contributed by atoms with Gasteiger partial charge in [0.15, 0.2) is 0 Å². The van der Waals surface area contributed by atoms with Crippen molar-refractivity contribution in [2.75, 3.05) is 7.11 Å². The van der Waals surface area contributed by atoms with Crippen molar-refractivity contribution in [3.8, 4) is 0 Å². The summed E-state index contributed by atoms with van der Waals surface area (Å²) in [4.78, 5) is 21.5. The maximum absolute atomic E-state index is 11.1. The second-order valence-electron chi connectivity index (χ2n) is 3.70. The van der Waals surface area contributed by atoms with E-state index in [-0.39, 0.29) is 6.04 Å². The first-order valence-electron chi connectivity index (χ1n) is 5.38. The lowest BCUT2D eigenvalue weighted by atomic mass is 10.1. The van der Waals surface area contributed by atoms with Crippen LogP contribution in [0.2, 0.25) is 0 Å². The molecular weight excluding hydrogens is 234 g/mol. The van der Waals surface area contributed by atoms with E-state index in [4.69, 9.17) is 5.11 Å². The Kier molecular flexibility index (Phi) is 4.92.